The van der Waals surface area contributed by atoms with Crippen molar-refractivity contribution in [3.8, 4) is 5.75 Å². The van der Waals surface area contributed by atoms with E-state index in [0.717, 1.165) is 16.6 Å². The molecule has 1 aromatic carbocycles. The maximum atomic E-state index is 12.3. The summed E-state index contributed by atoms with van der Waals surface area (Å²) in [6, 6.07) is 5.35. The summed E-state index contributed by atoms with van der Waals surface area (Å²) in [5.41, 5.74) is 2.25. The van der Waals surface area contributed by atoms with E-state index >= 15 is 0 Å². The number of fused-ring (bicyclic) bond motifs is 1. The third-order valence-electron chi connectivity index (χ3n) is 5.31. The highest BCUT2D eigenvalue weighted by Gasteiger charge is 2.31. The van der Waals surface area contributed by atoms with Crippen LogP contribution in [0, 0.1) is 0 Å². The number of ether oxygens (including phenoxy) is 1. The summed E-state index contributed by atoms with van der Waals surface area (Å²) in [7, 11) is 1.78. The number of benzene rings is 1. The zero-order valence-corrected chi connectivity index (χ0v) is 19.2. The van der Waals surface area contributed by atoms with Gasteiger partial charge >= 0.3 is 0 Å². The second kappa shape index (κ2) is 8.34. The first-order valence-corrected chi connectivity index (χ1v) is 11.2. The van der Waals surface area contributed by atoms with Gasteiger partial charge in [-0.15, -0.1) is 11.3 Å². The van der Waals surface area contributed by atoms with E-state index in [-0.39, 0.29) is 29.7 Å². The lowest BCUT2D eigenvalue weighted by Gasteiger charge is -2.19. The van der Waals surface area contributed by atoms with Crippen LogP contribution in [0.15, 0.2) is 23.6 Å². The molecule has 2 aromatic heterocycles. The molecule has 0 aliphatic carbocycles. The van der Waals surface area contributed by atoms with E-state index in [1.165, 1.54) is 11.3 Å². The van der Waals surface area contributed by atoms with Crippen molar-refractivity contribution in [1.82, 2.24) is 20.1 Å². The van der Waals surface area contributed by atoms with Gasteiger partial charge in [0.25, 0.3) is 5.91 Å². The molecular formula is C22H25N5O4S. The molecule has 0 radical (unpaired) electrons. The highest BCUT2D eigenvalue weighted by molar-refractivity contribution is 7.13. The Morgan fingerprint density at radius 1 is 1.34 bits per heavy atom. The number of imide groups is 1. The topological polar surface area (TPSA) is 115 Å². The van der Waals surface area contributed by atoms with Crippen molar-refractivity contribution in [2.45, 2.75) is 44.9 Å². The van der Waals surface area contributed by atoms with Crippen LogP contribution in [-0.4, -0.2) is 39.1 Å². The molecule has 1 unspecified atom stereocenters. The molecule has 0 spiro atoms. The number of amides is 3. The van der Waals surface area contributed by atoms with Crippen LogP contribution in [0.1, 0.15) is 50.9 Å². The van der Waals surface area contributed by atoms with Gasteiger partial charge in [0.15, 0.2) is 11.7 Å². The minimum atomic E-state index is -0.467. The van der Waals surface area contributed by atoms with Gasteiger partial charge < -0.3 is 4.74 Å². The van der Waals surface area contributed by atoms with Crippen molar-refractivity contribution in [3.63, 3.8) is 0 Å². The highest BCUT2D eigenvalue weighted by Crippen LogP contribution is 2.32. The van der Waals surface area contributed by atoms with Gasteiger partial charge in [0.2, 0.25) is 11.8 Å². The van der Waals surface area contributed by atoms with Crippen molar-refractivity contribution in [3.05, 3.63) is 35.0 Å². The molecule has 10 heteroatoms. The van der Waals surface area contributed by atoms with Gasteiger partial charge in [-0.05, 0) is 18.6 Å². The summed E-state index contributed by atoms with van der Waals surface area (Å²) in [5.74, 6) is -0.831. The first-order valence-electron chi connectivity index (χ1n) is 10.3. The SMILES string of the molecule is Cn1nc(C2CCC(=O)NC2=O)c2ccc(OCC(=O)Nc3nc(C(C)(C)C)cs3)cc21. The van der Waals surface area contributed by atoms with Crippen molar-refractivity contribution in [1.29, 1.82) is 0 Å². The molecule has 3 heterocycles. The number of carbonyl (C=O) groups excluding carboxylic acids is 3. The molecule has 3 aromatic rings. The molecule has 1 fully saturated rings. The quantitative estimate of drug-likeness (QED) is 0.572. The second-order valence-corrected chi connectivity index (χ2v) is 9.67. The fourth-order valence-electron chi connectivity index (χ4n) is 3.55. The number of nitrogens with zero attached hydrogens (tertiary/aromatic N) is 3. The van der Waals surface area contributed by atoms with Crippen LogP contribution in [0.5, 0.6) is 5.75 Å². The van der Waals surface area contributed by atoms with E-state index in [2.05, 4.69) is 41.5 Å². The van der Waals surface area contributed by atoms with E-state index in [1.807, 2.05) is 11.4 Å². The average molecular weight is 456 g/mol. The molecule has 168 valence electrons. The van der Waals surface area contributed by atoms with E-state index in [1.54, 1.807) is 23.9 Å². The van der Waals surface area contributed by atoms with Crippen LogP contribution in [0.4, 0.5) is 5.13 Å². The Balaban J connectivity index is 1.44. The van der Waals surface area contributed by atoms with Gasteiger partial charge in [0, 0.05) is 35.7 Å². The average Bonchev–Trinajstić information content (AvgIpc) is 3.31. The molecule has 4 rings (SSSR count). The number of carbonyl (C=O) groups is 3. The number of thiazole rings is 1. The highest BCUT2D eigenvalue weighted by atomic mass is 32.1. The Labute approximate surface area is 189 Å². The van der Waals surface area contributed by atoms with Crippen LogP contribution in [0.2, 0.25) is 0 Å². The Hall–Kier alpha value is -3.27. The van der Waals surface area contributed by atoms with Crippen LogP contribution in [0.25, 0.3) is 10.9 Å². The molecule has 0 saturated carbocycles. The third kappa shape index (κ3) is 4.50. The number of rotatable bonds is 5. The Kier molecular flexibility index (Phi) is 5.72. The molecule has 1 aliphatic heterocycles. The molecule has 0 bridgehead atoms. The van der Waals surface area contributed by atoms with Crippen LogP contribution in [-0.2, 0) is 26.8 Å². The molecule has 1 aliphatic rings. The van der Waals surface area contributed by atoms with Gasteiger partial charge in [-0.3, -0.25) is 29.7 Å². The van der Waals surface area contributed by atoms with Crippen molar-refractivity contribution < 1.29 is 19.1 Å². The smallest absolute Gasteiger partial charge is 0.264 e. The van der Waals surface area contributed by atoms with Crippen LogP contribution in [0.3, 0.4) is 0 Å². The molecular weight excluding hydrogens is 430 g/mol. The van der Waals surface area contributed by atoms with E-state index < -0.39 is 5.92 Å². The van der Waals surface area contributed by atoms with E-state index in [0.29, 0.717) is 29.4 Å². The van der Waals surface area contributed by atoms with Gasteiger partial charge in [-0.1, -0.05) is 20.8 Å². The fraction of sp³-hybridized carbons (Fsp3) is 0.409. The number of hydrogen-bond donors (Lipinski definition) is 2. The third-order valence-corrected chi connectivity index (χ3v) is 6.07. The van der Waals surface area contributed by atoms with Gasteiger partial charge in [0.05, 0.1) is 22.8 Å². The van der Waals surface area contributed by atoms with Crippen LogP contribution >= 0.6 is 11.3 Å². The van der Waals surface area contributed by atoms with Gasteiger partial charge in [0.1, 0.15) is 5.75 Å². The molecule has 1 atom stereocenters. The zero-order valence-electron chi connectivity index (χ0n) is 18.4. The van der Waals surface area contributed by atoms with Gasteiger partial charge in [-0.2, -0.15) is 5.10 Å². The lowest BCUT2D eigenvalue weighted by molar-refractivity contribution is -0.134. The van der Waals surface area contributed by atoms with E-state index in [4.69, 9.17) is 4.74 Å². The van der Waals surface area contributed by atoms with Crippen molar-refractivity contribution >= 4 is 45.1 Å². The maximum Gasteiger partial charge on any atom is 0.264 e. The number of hydrogen-bond acceptors (Lipinski definition) is 7. The predicted octanol–water partition coefficient (Wildman–Crippen LogP) is 2.87. The minimum Gasteiger partial charge on any atom is -0.484 e. The Morgan fingerprint density at radius 3 is 2.81 bits per heavy atom. The van der Waals surface area contributed by atoms with Gasteiger partial charge in [-0.25, -0.2) is 4.98 Å². The monoisotopic (exact) mass is 455 g/mol. The van der Waals surface area contributed by atoms with Crippen molar-refractivity contribution in [2.24, 2.45) is 7.05 Å². The first kappa shape index (κ1) is 21.9. The number of aryl methyl sites for hydroxylation is 1. The van der Waals surface area contributed by atoms with Crippen molar-refractivity contribution in [2.75, 3.05) is 11.9 Å². The lowest BCUT2D eigenvalue weighted by Crippen LogP contribution is -2.39. The largest absolute Gasteiger partial charge is 0.484 e. The summed E-state index contributed by atoms with van der Waals surface area (Å²) < 4.78 is 7.34. The lowest BCUT2D eigenvalue weighted by atomic mass is 9.93. The summed E-state index contributed by atoms with van der Waals surface area (Å²) >= 11 is 1.38. The molecule has 2 N–H and O–H groups in total. The zero-order chi connectivity index (χ0) is 23.0. The van der Waals surface area contributed by atoms with Crippen LogP contribution < -0.4 is 15.4 Å². The number of nitrogens with one attached hydrogen (secondary N) is 2. The van der Waals surface area contributed by atoms with E-state index in [9.17, 15) is 14.4 Å². The molecule has 1 saturated heterocycles. The number of anilines is 1. The fourth-order valence-corrected chi connectivity index (χ4v) is 4.50. The summed E-state index contributed by atoms with van der Waals surface area (Å²) in [5, 5.41) is 12.9. The Bertz CT molecular complexity index is 1210. The molecule has 9 nitrogen and oxygen atoms in total. The molecule has 3 amide bonds. The number of aromatic nitrogens is 3. The summed E-state index contributed by atoms with van der Waals surface area (Å²) in [4.78, 5) is 40.4. The summed E-state index contributed by atoms with van der Waals surface area (Å²) in [6.45, 7) is 6.04. The predicted molar refractivity (Wildman–Crippen MR) is 121 cm³/mol. The minimum absolute atomic E-state index is 0.0822. The Morgan fingerprint density at radius 2 is 2.12 bits per heavy atom. The normalized spacial score (nSPS) is 16.8. The number of piperidine rings is 1. The maximum absolute atomic E-state index is 12.3. The molecule has 32 heavy (non-hydrogen) atoms. The summed E-state index contributed by atoms with van der Waals surface area (Å²) in [6.07, 6.45) is 0.726. The second-order valence-electron chi connectivity index (χ2n) is 8.82. The standard InChI is InChI=1S/C22H25N5O4S/c1-22(2,3)16-11-32-21(23-16)25-18(29)10-31-12-5-6-13-15(9-12)27(4)26-19(13)14-7-8-17(28)24-20(14)30/h5-6,9,11,14H,7-8,10H2,1-4H3,(H,23,25,29)(H,24,28,30). The first-order chi connectivity index (χ1) is 15.1.